The van der Waals surface area contributed by atoms with Gasteiger partial charge in [-0.2, -0.15) is 0 Å². The Bertz CT molecular complexity index is 1200. The summed E-state index contributed by atoms with van der Waals surface area (Å²) in [4.78, 5) is 30.9. The molecule has 0 bridgehead atoms. The van der Waals surface area contributed by atoms with Crippen molar-refractivity contribution in [3.8, 4) is 0 Å². The molecule has 3 aromatic rings. The molecule has 1 aromatic carbocycles. The minimum Gasteiger partial charge on any atom is -0.466 e. The first-order chi connectivity index (χ1) is 15.7. The topological polar surface area (TPSA) is 106 Å². The standard InChI is InChI=1S/C24H32N6O3/c1-6-33-23(32)16-10-12-29(13-11-16)20(21-26-27-28-30(21)24(3,4)5)18-14-17-9-7-8-15(2)19(17)25-22(18)31/h7-9,14,16,20H,6,10-13H2,1-5H3,(H,25,31)/t20-/m0/s1. The van der Waals surface area contributed by atoms with Gasteiger partial charge in [0.15, 0.2) is 5.82 Å². The third-order valence-corrected chi connectivity index (χ3v) is 6.30. The van der Waals surface area contributed by atoms with Crippen molar-refractivity contribution in [1.29, 1.82) is 0 Å². The predicted molar refractivity (Wildman–Crippen MR) is 125 cm³/mol. The van der Waals surface area contributed by atoms with Gasteiger partial charge < -0.3 is 9.72 Å². The van der Waals surface area contributed by atoms with E-state index >= 15 is 0 Å². The summed E-state index contributed by atoms with van der Waals surface area (Å²) < 4.78 is 7.01. The third-order valence-electron chi connectivity index (χ3n) is 6.30. The number of fused-ring (bicyclic) bond motifs is 1. The second kappa shape index (κ2) is 9.05. The number of rotatable bonds is 5. The molecule has 0 amide bonds. The number of piperidine rings is 1. The number of nitrogens with one attached hydrogen (secondary N) is 1. The number of pyridine rings is 1. The van der Waals surface area contributed by atoms with Crippen LogP contribution in [0.25, 0.3) is 10.9 Å². The average molecular weight is 453 g/mol. The first-order valence-electron chi connectivity index (χ1n) is 11.5. The van der Waals surface area contributed by atoms with Crippen molar-refractivity contribution in [2.45, 2.75) is 59.0 Å². The van der Waals surface area contributed by atoms with E-state index in [0.29, 0.717) is 43.9 Å². The molecule has 1 atom stereocenters. The van der Waals surface area contributed by atoms with Crippen molar-refractivity contribution in [2.24, 2.45) is 5.92 Å². The highest BCUT2D eigenvalue weighted by Crippen LogP contribution is 2.33. The first kappa shape index (κ1) is 23.1. The molecule has 1 aliphatic rings. The highest BCUT2D eigenvalue weighted by molar-refractivity contribution is 5.82. The molecule has 1 N–H and O–H groups in total. The molecule has 3 heterocycles. The van der Waals surface area contributed by atoms with Crippen LogP contribution in [0.5, 0.6) is 0 Å². The number of esters is 1. The summed E-state index contributed by atoms with van der Waals surface area (Å²) in [5.74, 6) is 0.347. The van der Waals surface area contributed by atoms with E-state index in [2.05, 4.69) is 25.4 Å². The molecular weight excluding hydrogens is 420 g/mol. The van der Waals surface area contributed by atoms with Crippen LogP contribution in [0, 0.1) is 12.8 Å². The SMILES string of the molecule is CCOC(=O)C1CCN([C@@H](c2cc3cccc(C)c3[nH]c2=O)c2nnnn2C(C)(C)C)CC1. The predicted octanol–water partition coefficient (Wildman–Crippen LogP) is 2.94. The van der Waals surface area contributed by atoms with Crippen molar-refractivity contribution in [3.05, 3.63) is 51.6 Å². The van der Waals surface area contributed by atoms with Crippen LogP contribution in [0.1, 0.15) is 63.5 Å². The Morgan fingerprint density at radius 1 is 1.27 bits per heavy atom. The van der Waals surface area contributed by atoms with Crippen LogP contribution in [0.2, 0.25) is 0 Å². The van der Waals surface area contributed by atoms with E-state index in [1.807, 2.05) is 58.9 Å². The lowest BCUT2D eigenvalue weighted by Gasteiger charge is -2.37. The zero-order chi connectivity index (χ0) is 23.8. The maximum atomic E-state index is 13.3. The van der Waals surface area contributed by atoms with Gasteiger partial charge in [0.2, 0.25) is 0 Å². The van der Waals surface area contributed by atoms with E-state index in [0.717, 1.165) is 16.5 Å². The second-order valence-electron chi connectivity index (χ2n) is 9.68. The van der Waals surface area contributed by atoms with Crippen LogP contribution < -0.4 is 5.56 Å². The Morgan fingerprint density at radius 2 is 2.00 bits per heavy atom. The van der Waals surface area contributed by atoms with Gasteiger partial charge in [-0.1, -0.05) is 18.2 Å². The number of para-hydroxylation sites is 1. The smallest absolute Gasteiger partial charge is 0.309 e. The third kappa shape index (κ3) is 4.55. The van der Waals surface area contributed by atoms with Crippen LogP contribution in [0.15, 0.2) is 29.1 Å². The van der Waals surface area contributed by atoms with Gasteiger partial charge in [0.1, 0.15) is 6.04 Å². The fraction of sp³-hybridized carbons (Fsp3) is 0.542. The zero-order valence-electron chi connectivity index (χ0n) is 20.0. The number of hydrogen-bond acceptors (Lipinski definition) is 7. The maximum absolute atomic E-state index is 13.3. The number of ether oxygens (including phenoxy) is 1. The molecule has 0 saturated carbocycles. The summed E-state index contributed by atoms with van der Waals surface area (Å²) in [6.07, 6.45) is 1.33. The van der Waals surface area contributed by atoms with E-state index in [1.165, 1.54) is 0 Å². The van der Waals surface area contributed by atoms with E-state index in [-0.39, 0.29) is 23.0 Å². The fourth-order valence-corrected chi connectivity index (χ4v) is 4.60. The van der Waals surface area contributed by atoms with Crippen LogP contribution in [-0.4, -0.2) is 55.8 Å². The molecule has 4 rings (SSSR count). The molecule has 2 aromatic heterocycles. The molecule has 0 radical (unpaired) electrons. The first-order valence-corrected chi connectivity index (χ1v) is 11.5. The van der Waals surface area contributed by atoms with Gasteiger partial charge in [-0.05, 0) is 74.9 Å². The highest BCUT2D eigenvalue weighted by atomic mass is 16.5. The number of likely N-dealkylation sites (tertiary alicyclic amines) is 1. The van der Waals surface area contributed by atoms with Gasteiger partial charge in [0.05, 0.1) is 23.6 Å². The van der Waals surface area contributed by atoms with Gasteiger partial charge in [0.25, 0.3) is 5.56 Å². The second-order valence-corrected chi connectivity index (χ2v) is 9.68. The Balaban J connectivity index is 1.78. The van der Waals surface area contributed by atoms with Crippen molar-refractivity contribution >= 4 is 16.9 Å². The monoisotopic (exact) mass is 452 g/mol. The van der Waals surface area contributed by atoms with E-state index in [1.54, 1.807) is 4.68 Å². The molecule has 0 spiro atoms. The number of nitrogens with zero attached hydrogens (tertiary/aromatic N) is 5. The molecule has 9 nitrogen and oxygen atoms in total. The van der Waals surface area contributed by atoms with Crippen molar-refractivity contribution < 1.29 is 9.53 Å². The summed E-state index contributed by atoms with van der Waals surface area (Å²) in [5.41, 5.74) is 1.94. The molecular formula is C24H32N6O3. The van der Waals surface area contributed by atoms with Gasteiger partial charge in [-0.15, -0.1) is 5.10 Å². The lowest BCUT2D eigenvalue weighted by Crippen LogP contribution is -2.43. The number of H-pyrrole nitrogens is 1. The number of carbonyl (C=O) groups excluding carboxylic acids is 1. The highest BCUT2D eigenvalue weighted by Gasteiger charge is 2.36. The number of aromatic amines is 1. The zero-order valence-corrected chi connectivity index (χ0v) is 20.0. The molecule has 9 heteroatoms. The minimum atomic E-state index is -0.434. The largest absolute Gasteiger partial charge is 0.466 e. The van der Waals surface area contributed by atoms with Gasteiger partial charge in [0, 0.05) is 18.7 Å². The molecule has 1 saturated heterocycles. The summed E-state index contributed by atoms with van der Waals surface area (Å²) in [7, 11) is 0. The quantitative estimate of drug-likeness (QED) is 0.593. The van der Waals surface area contributed by atoms with Gasteiger partial charge >= 0.3 is 5.97 Å². The Morgan fingerprint density at radius 3 is 2.67 bits per heavy atom. The van der Waals surface area contributed by atoms with Gasteiger partial charge in [-0.25, -0.2) is 4.68 Å². The van der Waals surface area contributed by atoms with Crippen LogP contribution >= 0.6 is 0 Å². The molecule has 0 unspecified atom stereocenters. The number of aryl methyl sites for hydroxylation is 1. The Kier molecular flexibility index (Phi) is 6.34. The molecule has 33 heavy (non-hydrogen) atoms. The van der Waals surface area contributed by atoms with Crippen molar-refractivity contribution in [3.63, 3.8) is 0 Å². The van der Waals surface area contributed by atoms with E-state index in [4.69, 9.17) is 4.74 Å². The van der Waals surface area contributed by atoms with E-state index in [9.17, 15) is 9.59 Å². The van der Waals surface area contributed by atoms with Crippen molar-refractivity contribution in [1.82, 2.24) is 30.1 Å². The number of tetrazole rings is 1. The average Bonchev–Trinajstić information content (AvgIpc) is 3.26. The summed E-state index contributed by atoms with van der Waals surface area (Å²) in [6.45, 7) is 11.6. The summed E-state index contributed by atoms with van der Waals surface area (Å²) >= 11 is 0. The normalized spacial score (nSPS) is 16.8. The number of carbonyl (C=O) groups is 1. The summed E-state index contributed by atoms with van der Waals surface area (Å²) in [5, 5.41) is 13.5. The number of aromatic nitrogens is 5. The molecule has 1 fully saturated rings. The number of benzene rings is 1. The number of hydrogen-bond donors (Lipinski definition) is 1. The Hall–Kier alpha value is -3.07. The van der Waals surface area contributed by atoms with Gasteiger partial charge in [-0.3, -0.25) is 14.5 Å². The van der Waals surface area contributed by atoms with Crippen molar-refractivity contribution in [2.75, 3.05) is 19.7 Å². The van der Waals surface area contributed by atoms with Crippen LogP contribution in [-0.2, 0) is 15.1 Å². The van der Waals surface area contributed by atoms with Crippen LogP contribution in [0.3, 0.4) is 0 Å². The lowest BCUT2D eigenvalue weighted by molar-refractivity contribution is -0.149. The maximum Gasteiger partial charge on any atom is 0.309 e. The molecule has 0 aliphatic carbocycles. The summed E-state index contributed by atoms with van der Waals surface area (Å²) in [6, 6.07) is 7.48. The Labute approximate surface area is 193 Å². The fourth-order valence-electron chi connectivity index (χ4n) is 4.60. The lowest BCUT2D eigenvalue weighted by atomic mass is 9.93. The minimum absolute atomic E-state index is 0.127. The molecule has 176 valence electrons. The molecule has 1 aliphatic heterocycles. The van der Waals surface area contributed by atoms with Crippen LogP contribution in [0.4, 0.5) is 0 Å². The van der Waals surface area contributed by atoms with E-state index < -0.39 is 6.04 Å².